The molecule has 0 amide bonds. The van der Waals surface area contributed by atoms with Crippen LogP contribution >= 0.6 is 0 Å². The number of benzene rings is 1. The molecular weight excluding hydrogens is 202 g/mol. The maximum absolute atomic E-state index is 11.6. The van der Waals surface area contributed by atoms with E-state index in [4.69, 9.17) is 4.74 Å². The number of ether oxygens (including phenoxy) is 1. The van der Waals surface area contributed by atoms with Gasteiger partial charge in [0.2, 0.25) is 0 Å². The first-order valence-electron chi connectivity index (χ1n) is 5.22. The van der Waals surface area contributed by atoms with Gasteiger partial charge in [-0.05, 0) is 14.1 Å². The Morgan fingerprint density at radius 3 is 2.62 bits per heavy atom. The number of hydrogen-bond donors (Lipinski definition) is 0. The molecule has 0 radical (unpaired) electrons. The van der Waals surface area contributed by atoms with Crippen molar-refractivity contribution < 1.29 is 9.53 Å². The highest BCUT2D eigenvalue weighted by Crippen LogP contribution is 2.00. The van der Waals surface area contributed by atoms with Gasteiger partial charge in [0.1, 0.15) is 0 Å². The number of allylic oxidation sites excluding steroid dienone is 1. The van der Waals surface area contributed by atoms with E-state index in [2.05, 4.69) is 0 Å². The van der Waals surface area contributed by atoms with Gasteiger partial charge in [0.05, 0.1) is 12.9 Å². The molecule has 0 atom stereocenters. The Kier molecular flexibility index (Phi) is 5.29. The molecule has 0 fully saturated rings. The third-order valence-electron chi connectivity index (χ3n) is 2.03. The summed E-state index contributed by atoms with van der Waals surface area (Å²) in [6.45, 7) is 1.43. The van der Waals surface area contributed by atoms with Gasteiger partial charge >= 0.3 is 0 Å². The lowest BCUT2D eigenvalue weighted by molar-refractivity contribution is 0.104. The molecule has 0 aromatic heterocycles. The zero-order valence-corrected chi connectivity index (χ0v) is 9.72. The average molecular weight is 219 g/mol. The lowest BCUT2D eigenvalue weighted by Gasteiger charge is -2.07. The van der Waals surface area contributed by atoms with E-state index in [1.807, 2.05) is 37.2 Å². The fourth-order valence-electron chi connectivity index (χ4n) is 1.11. The Morgan fingerprint density at radius 1 is 1.31 bits per heavy atom. The van der Waals surface area contributed by atoms with E-state index in [0.29, 0.717) is 12.2 Å². The van der Waals surface area contributed by atoms with Crippen LogP contribution in [0.4, 0.5) is 0 Å². The molecular formula is C13H17NO2. The minimum Gasteiger partial charge on any atom is -0.500 e. The van der Waals surface area contributed by atoms with Crippen LogP contribution < -0.4 is 0 Å². The summed E-state index contributed by atoms with van der Waals surface area (Å²) >= 11 is 0. The van der Waals surface area contributed by atoms with Gasteiger partial charge in [0.25, 0.3) is 0 Å². The Balaban J connectivity index is 2.32. The first-order chi connectivity index (χ1) is 7.70. The molecule has 0 heterocycles. The average Bonchev–Trinajstić information content (AvgIpc) is 2.29. The lowest BCUT2D eigenvalue weighted by Crippen LogP contribution is -2.16. The Bertz CT molecular complexity index is 344. The molecule has 1 aromatic rings. The molecule has 1 rings (SSSR count). The summed E-state index contributed by atoms with van der Waals surface area (Å²) in [6, 6.07) is 9.13. The fourth-order valence-corrected chi connectivity index (χ4v) is 1.11. The van der Waals surface area contributed by atoms with Gasteiger partial charge in [-0.25, -0.2) is 0 Å². The highest BCUT2D eigenvalue weighted by molar-refractivity contribution is 6.04. The summed E-state index contributed by atoms with van der Waals surface area (Å²) in [7, 11) is 3.95. The molecule has 1 aromatic carbocycles. The van der Waals surface area contributed by atoms with Crippen LogP contribution in [0.2, 0.25) is 0 Å². The van der Waals surface area contributed by atoms with Crippen LogP contribution in [-0.4, -0.2) is 37.9 Å². The number of carbonyl (C=O) groups is 1. The first kappa shape index (κ1) is 12.5. The molecule has 0 bridgehead atoms. The van der Waals surface area contributed by atoms with Gasteiger partial charge in [-0.2, -0.15) is 0 Å². The van der Waals surface area contributed by atoms with Crippen LogP contribution in [0.15, 0.2) is 42.7 Å². The Hall–Kier alpha value is -1.61. The van der Waals surface area contributed by atoms with Crippen molar-refractivity contribution in [3.8, 4) is 0 Å². The smallest absolute Gasteiger partial charge is 0.188 e. The minimum absolute atomic E-state index is 0.0366. The van der Waals surface area contributed by atoms with Crippen molar-refractivity contribution in [3.63, 3.8) is 0 Å². The normalized spacial score (nSPS) is 10.9. The summed E-state index contributed by atoms with van der Waals surface area (Å²) in [6.07, 6.45) is 2.91. The van der Waals surface area contributed by atoms with Crippen molar-refractivity contribution in [3.05, 3.63) is 48.2 Å². The van der Waals surface area contributed by atoms with Crippen LogP contribution in [-0.2, 0) is 4.74 Å². The molecule has 0 N–H and O–H groups in total. The molecule has 0 unspecified atom stereocenters. The molecule has 16 heavy (non-hydrogen) atoms. The maximum atomic E-state index is 11.6. The van der Waals surface area contributed by atoms with E-state index < -0.39 is 0 Å². The summed E-state index contributed by atoms with van der Waals surface area (Å²) in [4.78, 5) is 13.6. The van der Waals surface area contributed by atoms with E-state index in [0.717, 1.165) is 6.54 Å². The van der Waals surface area contributed by atoms with Gasteiger partial charge in [0.15, 0.2) is 5.78 Å². The van der Waals surface area contributed by atoms with E-state index >= 15 is 0 Å². The van der Waals surface area contributed by atoms with Crippen molar-refractivity contribution in [2.24, 2.45) is 0 Å². The number of carbonyl (C=O) groups excluding carboxylic acids is 1. The van der Waals surface area contributed by atoms with Gasteiger partial charge < -0.3 is 9.64 Å². The van der Waals surface area contributed by atoms with E-state index in [9.17, 15) is 4.79 Å². The highest BCUT2D eigenvalue weighted by atomic mass is 16.5. The predicted molar refractivity (Wildman–Crippen MR) is 64.4 cm³/mol. The van der Waals surface area contributed by atoms with E-state index in [1.165, 1.54) is 12.3 Å². The van der Waals surface area contributed by atoms with Crippen LogP contribution in [0.1, 0.15) is 10.4 Å². The third kappa shape index (κ3) is 4.75. The van der Waals surface area contributed by atoms with Crippen LogP contribution in [0.3, 0.4) is 0 Å². The Morgan fingerprint density at radius 2 is 2.00 bits per heavy atom. The number of nitrogens with zero attached hydrogens (tertiary/aromatic N) is 1. The number of likely N-dealkylation sites (N-methyl/N-ethyl adjacent to an activating group) is 1. The first-order valence-corrected chi connectivity index (χ1v) is 5.22. The van der Waals surface area contributed by atoms with E-state index in [-0.39, 0.29) is 5.78 Å². The fraction of sp³-hybridized carbons (Fsp3) is 0.308. The Labute approximate surface area is 96.3 Å². The van der Waals surface area contributed by atoms with Crippen molar-refractivity contribution in [1.29, 1.82) is 0 Å². The second kappa shape index (κ2) is 6.80. The molecule has 3 heteroatoms. The van der Waals surface area contributed by atoms with Crippen molar-refractivity contribution in [2.75, 3.05) is 27.2 Å². The van der Waals surface area contributed by atoms with Crippen LogP contribution in [0, 0.1) is 0 Å². The minimum atomic E-state index is -0.0366. The second-order valence-corrected chi connectivity index (χ2v) is 3.71. The van der Waals surface area contributed by atoms with Gasteiger partial charge in [-0.3, -0.25) is 4.79 Å². The van der Waals surface area contributed by atoms with Crippen molar-refractivity contribution >= 4 is 5.78 Å². The SMILES string of the molecule is CN(C)CCOC=CC(=O)c1ccccc1. The highest BCUT2D eigenvalue weighted by Gasteiger charge is 1.98. The number of rotatable bonds is 6. The third-order valence-corrected chi connectivity index (χ3v) is 2.03. The summed E-state index contributed by atoms with van der Waals surface area (Å²) < 4.78 is 5.19. The van der Waals surface area contributed by atoms with Crippen molar-refractivity contribution in [1.82, 2.24) is 4.90 Å². The lowest BCUT2D eigenvalue weighted by atomic mass is 10.1. The molecule has 0 spiro atoms. The zero-order chi connectivity index (χ0) is 11.8. The predicted octanol–water partition coefficient (Wildman–Crippen LogP) is 1.96. The van der Waals surface area contributed by atoms with Gasteiger partial charge in [0, 0.05) is 18.2 Å². The quantitative estimate of drug-likeness (QED) is 0.317. The summed E-state index contributed by atoms with van der Waals surface area (Å²) in [5.74, 6) is -0.0366. The van der Waals surface area contributed by atoms with Gasteiger partial charge in [-0.15, -0.1) is 0 Å². The van der Waals surface area contributed by atoms with Crippen molar-refractivity contribution in [2.45, 2.75) is 0 Å². The molecule has 0 saturated heterocycles. The number of ketones is 1. The molecule has 3 nitrogen and oxygen atoms in total. The topological polar surface area (TPSA) is 29.5 Å². The van der Waals surface area contributed by atoms with Crippen LogP contribution in [0.25, 0.3) is 0 Å². The molecule has 0 aliphatic carbocycles. The van der Waals surface area contributed by atoms with E-state index in [1.54, 1.807) is 12.1 Å². The van der Waals surface area contributed by atoms with Gasteiger partial charge in [-0.1, -0.05) is 30.3 Å². The monoisotopic (exact) mass is 219 g/mol. The molecule has 0 aliphatic rings. The zero-order valence-electron chi connectivity index (χ0n) is 9.72. The summed E-state index contributed by atoms with van der Waals surface area (Å²) in [5.41, 5.74) is 0.676. The number of hydrogen-bond acceptors (Lipinski definition) is 3. The maximum Gasteiger partial charge on any atom is 0.188 e. The molecule has 86 valence electrons. The summed E-state index contributed by atoms with van der Waals surface area (Å²) in [5, 5.41) is 0. The second-order valence-electron chi connectivity index (χ2n) is 3.71. The molecule has 0 saturated carbocycles. The largest absolute Gasteiger partial charge is 0.500 e. The standard InChI is InChI=1S/C13H17NO2/c1-14(2)9-11-16-10-8-13(15)12-6-4-3-5-7-12/h3-8,10H,9,11H2,1-2H3. The van der Waals surface area contributed by atoms with Crippen LogP contribution in [0.5, 0.6) is 0 Å². The molecule has 0 aliphatic heterocycles.